The Hall–Kier alpha value is -3.90. The molecule has 0 aromatic heterocycles. The lowest BCUT2D eigenvalue weighted by molar-refractivity contribution is -0.183. The van der Waals surface area contributed by atoms with Gasteiger partial charge in [-0.2, -0.15) is 0 Å². The largest absolute Gasteiger partial charge is 0.507 e. The summed E-state index contributed by atoms with van der Waals surface area (Å²) in [5, 5.41) is 25.7. The molecule has 0 radical (unpaired) electrons. The average molecular weight is 621 g/mol. The quantitative estimate of drug-likeness (QED) is 0.230. The number of phenols is 1. The van der Waals surface area contributed by atoms with Crippen molar-refractivity contribution in [2.75, 3.05) is 0 Å². The van der Waals surface area contributed by atoms with Gasteiger partial charge in [0.15, 0.2) is 23.0 Å². The minimum Gasteiger partial charge on any atom is -0.507 e. The molecule has 0 heterocycles. The molecule has 0 saturated heterocycles. The van der Waals surface area contributed by atoms with Crippen LogP contribution in [0.5, 0.6) is 5.75 Å². The maximum atomic E-state index is 14.7. The summed E-state index contributed by atoms with van der Waals surface area (Å²) < 4.78 is 0. The minimum atomic E-state index is -2.55. The van der Waals surface area contributed by atoms with Gasteiger partial charge in [-0.1, -0.05) is 95.2 Å². The molecule has 240 valence electrons. The number of aromatic hydroxyl groups is 1. The Kier molecular flexibility index (Phi) is 7.36. The van der Waals surface area contributed by atoms with Crippen LogP contribution in [-0.2, 0) is 27.2 Å². The normalized spacial score (nSPS) is 29.3. The number of aliphatic hydroxyl groups is 1. The van der Waals surface area contributed by atoms with Gasteiger partial charge in [0.25, 0.3) is 0 Å². The highest BCUT2D eigenvalue weighted by Gasteiger charge is 2.73. The van der Waals surface area contributed by atoms with Crippen LogP contribution in [0.15, 0.2) is 59.7 Å². The monoisotopic (exact) mass is 620 g/mol. The Balaban J connectivity index is 1.58. The summed E-state index contributed by atoms with van der Waals surface area (Å²) >= 11 is 0. The molecule has 0 amide bonds. The van der Waals surface area contributed by atoms with Crippen molar-refractivity contribution in [3.63, 3.8) is 0 Å². The molecule has 2 N–H and O–H groups in total. The van der Waals surface area contributed by atoms with Gasteiger partial charge < -0.3 is 10.2 Å². The second kappa shape index (κ2) is 10.6. The van der Waals surface area contributed by atoms with Crippen LogP contribution in [0.3, 0.4) is 0 Å². The van der Waals surface area contributed by atoms with Crippen molar-refractivity contribution in [1.82, 2.24) is 0 Å². The van der Waals surface area contributed by atoms with Gasteiger partial charge in [0.1, 0.15) is 17.5 Å². The first-order chi connectivity index (χ1) is 21.5. The Morgan fingerprint density at radius 1 is 0.913 bits per heavy atom. The molecular formula is C40H44O6. The van der Waals surface area contributed by atoms with Gasteiger partial charge in [-0.25, -0.2) is 0 Å². The fourth-order valence-corrected chi connectivity index (χ4v) is 9.81. The number of ketones is 4. The van der Waals surface area contributed by atoms with E-state index in [0.717, 1.165) is 33.9 Å². The predicted octanol–water partition coefficient (Wildman–Crippen LogP) is 7.24. The first-order valence-electron chi connectivity index (χ1n) is 16.4. The zero-order valence-electron chi connectivity index (χ0n) is 28.1. The van der Waals surface area contributed by atoms with Gasteiger partial charge in [0, 0.05) is 5.41 Å². The van der Waals surface area contributed by atoms with E-state index < -0.39 is 51.4 Å². The summed E-state index contributed by atoms with van der Waals surface area (Å²) in [6, 6.07) is 15.8. The standard InChI is InChI=1S/C40H44O6/c1-20(2)17-24-13-14-27(26-12-10-9-11-25(24)26)28-15-16-30(42)32-29(28)18-38(7)19-39(8)33(21(3)4)22(5)31(23(6)41)36(44)40(39,46)37(45)34(38)35(32)43/h9-16,20-21,31,34,42,46H,17-19H2,1-8H3/t31?,34?,38-,39-,40+/m0/s1. The van der Waals surface area contributed by atoms with Gasteiger partial charge in [0.05, 0.1) is 11.5 Å². The second-order valence-electron chi connectivity index (χ2n) is 15.3. The Labute approximate surface area is 270 Å². The Bertz CT molecular complexity index is 1890. The molecule has 1 fully saturated rings. The number of hydrogen-bond donors (Lipinski definition) is 2. The molecule has 0 bridgehead atoms. The first kappa shape index (κ1) is 32.1. The number of fused-ring (bicyclic) bond motifs is 4. The van der Waals surface area contributed by atoms with Crippen molar-refractivity contribution in [2.45, 2.75) is 80.3 Å². The third-order valence-electron chi connectivity index (χ3n) is 11.2. The molecule has 5 atom stereocenters. The van der Waals surface area contributed by atoms with Crippen LogP contribution in [0.2, 0.25) is 0 Å². The number of allylic oxidation sites excluding steroid dienone is 1. The Morgan fingerprint density at radius 2 is 1.54 bits per heavy atom. The van der Waals surface area contributed by atoms with Crippen LogP contribution in [-0.4, -0.2) is 38.9 Å². The highest BCUT2D eigenvalue weighted by Crippen LogP contribution is 2.64. The van der Waals surface area contributed by atoms with E-state index in [9.17, 15) is 29.4 Å². The van der Waals surface area contributed by atoms with Crippen LogP contribution >= 0.6 is 0 Å². The number of rotatable bonds is 5. The van der Waals surface area contributed by atoms with E-state index in [4.69, 9.17) is 0 Å². The molecule has 46 heavy (non-hydrogen) atoms. The van der Waals surface area contributed by atoms with Crippen molar-refractivity contribution >= 4 is 33.9 Å². The van der Waals surface area contributed by atoms with E-state index >= 15 is 0 Å². The topological polar surface area (TPSA) is 109 Å². The Morgan fingerprint density at radius 3 is 2.15 bits per heavy atom. The van der Waals surface area contributed by atoms with E-state index in [1.807, 2.05) is 39.0 Å². The van der Waals surface area contributed by atoms with Gasteiger partial charge >= 0.3 is 0 Å². The molecule has 3 aromatic rings. The van der Waals surface area contributed by atoms with Crippen molar-refractivity contribution in [1.29, 1.82) is 0 Å². The van der Waals surface area contributed by atoms with Gasteiger partial charge in [-0.3, -0.25) is 19.2 Å². The smallest absolute Gasteiger partial charge is 0.192 e. The molecule has 0 aliphatic heterocycles. The number of carbonyl (C=O) groups is 4. The summed E-state index contributed by atoms with van der Waals surface area (Å²) in [5.74, 6) is -5.26. The summed E-state index contributed by atoms with van der Waals surface area (Å²) in [6.07, 6.45) is 1.39. The minimum absolute atomic E-state index is 0.0676. The number of carbonyl (C=O) groups excluding carboxylic acids is 4. The lowest BCUT2D eigenvalue weighted by Gasteiger charge is -2.60. The van der Waals surface area contributed by atoms with E-state index in [1.165, 1.54) is 18.6 Å². The lowest BCUT2D eigenvalue weighted by atomic mass is 9.41. The number of hydrogen-bond acceptors (Lipinski definition) is 6. The summed E-state index contributed by atoms with van der Waals surface area (Å²) in [4.78, 5) is 56.1. The molecule has 6 rings (SSSR count). The summed E-state index contributed by atoms with van der Waals surface area (Å²) in [6.45, 7) is 15.0. The van der Waals surface area contributed by atoms with Crippen molar-refractivity contribution < 1.29 is 29.4 Å². The number of phenolic OH excluding ortho intramolecular Hbond substituents is 1. The molecule has 3 aromatic carbocycles. The number of Topliss-reactive ketones (excluding diaryl/α,β-unsaturated/α-hetero) is 4. The molecule has 6 nitrogen and oxygen atoms in total. The van der Waals surface area contributed by atoms with Crippen LogP contribution in [0.25, 0.3) is 21.9 Å². The van der Waals surface area contributed by atoms with Crippen molar-refractivity contribution in [2.24, 2.45) is 34.5 Å². The average Bonchev–Trinajstić information content (AvgIpc) is 2.95. The molecular weight excluding hydrogens is 576 g/mol. The first-order valence-corrected chi connectivity index (χ1v) is 16.4. The van der Waals surface area contributed by atoms with E-state index in [-0.39, 0.29) is 30.1 Å². The highest BCUT2D eigenvalue weighted by atomic mass is 16.3. The maximum Gasteiger partial charge on any atom is 0.192 e. The SMILES string of the molecule is CC(=O)C1C(=O)[C@@]2(O)C(=O)C3C(=O)c4c(O)ccc(-c5ccc(CC(C)C)c6ccccc56)c4C[C@@]3(C)C[C@@]2(C)C(C(C)C)=C1C. The fourth-order valence-electron chi connectivity index (χ4n) is 9.81. The van der Waals surface area contributed by atoms with Crippen molar-refractivity contribution in [3.05, 3.63) is 76.4 Å². The fraction of sp³-hybridized carbons (Fsp3) is 0.450. The van der Waals surface area contributed by atoms with Gasteiger partial charge in [0.2, 0.25) is 0 Å². The highest BCUT2D eigenvalue weighted by molar-refractivity contribution is 6.27. The third-order valence-corrected chi connectivity index (χ3v) is 11.2. The van der Waals surface area contributed by atoms with Gasteiger partial charge in [-0.05, 0) is 89.5 Å². The van der Waals surface area contributed by atoms with E-state index in [1.54, 1.807) is 13.8 Å². The maximum absolute atomic E-state index is 14.7. The zero-order valence-corrected chi connectivity index (χ0v) is 28.1. The van der Waals surface area contributed by atoms with E-state index in [0.29, 0.717) is 17.1 Å². The van der Waals surface area contributed by atoms with Crippen LogP contribution in [0.4, 0.5) is 0 Å². The summed E-state index contributed by atoms with van der Waals surface area (Å²) in [5.41, 5.74) is 0.208. The molecule has 2 unspecified atom stereocenters. The second-order valence-corrected chi connectivity index (χ2v) is 15.3. The molecule has 3 aliphatic carbocycles. The van der Waals surface area contributed by atoms with E-state index in [2.05, 4.69) is 38.1 Å². The number of benzene rings is 3. The molecule has 3 aliphatic rings. The zero-order chi connectivity index (χ0) is 33.7. The molecule has 0 spiro atoms. The van der Waals surface area contributed by atoms with Crippen LogP contribution < -0.4 is 0 Å². The van der Waals surface area contributed by atoms with Crippen LogP contribution in [0, 0.1) is 34.5 Å². The molecule has 6 heteroatoms. The lowest BCUT2D eigenvalue weighted by Crippen LogP contribution is -2.73. The molecule has 1 saturated carbocycles. The third kappa shape index (κ3) is 4.18. The predicted molar refractivity (Wildman–Crippen MR) is 179 cm³/mol. The van der Waals surface area contributed by atoms with Gasteiger partial charge in [-0.15, -0.1) is 0 Å². The van der Waals surface area contributed by atoms with Crippen molar-refractivity contribution in [3.8, 4) is 16.9 Å². The summed E-state index contributed by atoms with van der Waals surface area (Å²) in [7, 11) is 0. The van der Waals surface area contributed by atoms with Crippen LogP contribution in [0.1, 0.15) is 83.3 Å².